The van der Waals surface area contributed by atoms with Crippen LogP contribution in [0.4, 0.5) is 5.69 Å². The van der Waals surface area contributed by atoms with Crippen LogP contribution in [0.3, 0.4) is 0 Å². The first-order valence-electron chi connectivity index (χ1n) is 8.96. The van der Waals surface area contributed by atoms with Crippen molar-refractivity contribution < 1.29 is 19.2 Å². The summed E-state index contributed by atoms with van der Waals surface area (Å²) in [6.07, 6.45) is 4.24. The predicted molar refractivity (Wildman–Crippen MR) is 103 cm³/mol. The number of Topliss-reactive ketones (excluding diaryl/α,β-unsaturated/α-hetero) is 1. The van der Waals surface area contributed by atoms with Gasteiger partial charge in [-0.1, -0.05) is 25.5 Å². The van der Waals surface area contributed by atoms with E-state index < -0.39 is 23.3 Å². The lowest BCUT2D eigenvalue weighted by molar-refractivity contribution is -0.385. The van der Waals surface area contributed by atoms with E-state index in [1.165, 1.54) is 40.0 Å². The molecule has 3 rings (SSSR count). The fraction of sp³-hybridized carbons (Fsp3) is 0.400. The van der Waals surface area contributed by atoms with Gasteiger partial charge in [-0.05, 0) is 43.7 Å². The normalized spacial score (nSPS) is 15.9. The van der Waals surface area contributed by atoms with Gasteiger partial charge in [0, 0.05) is 22.1 Å². The zero-order valence-corrected chi connectivity index (χ0v) is 16.1. The molecule has 1 aliphatic carbocycles. The van der Waals surface area contributed by atoms with E-state index in [9.17, 15) is 19.7 Å². The number of nitrogens with zero attached hydrogens (tertiary/aromatic N) is 1. The van der Waals surface area contributed by atoms with Crippen molar-refractivity contribution in [3.63, 3.8) is 0 Å². The molecule has 1 heterocycles. The maximum absolute atomic E-state index is 12.3. The molecule has 0 amide bonds. The number of hydrogen-bond donors (Lipinski definition) is 0. The molecule has 0 saturated carbocycles. The van der Waals surface area contributed by atoms with Crippen LogP contribution in [0.2, 0.25) is 0 Å². The molecule has 1 atom stereocenters. The second-order valence-electron chi connectivity index (χ2n) is 6.83. The van der Waals surface area contributed by atoms with Gasteiger partial charge < -0.3 is 4.74 Å². The smallest absolute Gasteiger partial charge is 0.348 e. The highest BCUT2D eigenvalue weighted by Crippen LogP contribution is 2.33. The van der Waals surface area contributed by atoms with Gasteiger partial charge >= 0.3 is 5.97 Å². The number of nitro benzene ring substituents is 1. The summed E-state index contributed by atoms with van der Waals surface area (Å²) in [4.78, 5) is 36.8. The first kappa shape index (κ1) is 19.2. The standard InChI is InChI=1S/C20H21NO5S/c1-3-13-5-7-18-15(8-13)10-19(27-18)20(23)26-11-17(22)14-6-4-12(2)16(9-14)21(24)25/h4,6,9-10,13H,3,5,7-8,11H2,1-2H3/t13-/m1/s1. The number of benzene rings is 1. The molecule has 27 heavy (non-hydrogen) atoms. The second kappa shape index (κ2) is 8.00. The molecule has 0 N–H and O–H groups in total. The average molecular weight is 387 g/mol. The lowest BCUT2D eigenvalue weighted by Crippen LogP contribution is -2.14. The van der Waals surface area contributed by atoms with Crippen molar-refractivity contribution in [1.82, 2.24) is 0 Å². The zero-order chi connectivity index (χ0) is 19.6. The van der Waals surface area contributed by atoms with Crippen LogP contribution in [0, 0.1) is 23.0 Å². The van der Waals surface area contributed by atoms with Gasteiger partial charge in [0.1, 0.15) is 4.88 Å². The predicted octanol–water partition coefficient (Wildman–Crippen LogP) is 4.52. The first-order chi connectivity index (χ1) is 12.9. The Morgan fingerprint density at radius 2 is 2.11 bits per heavy atom. The summed E-state index contributed by atoms with van der Waals surface area (Å²) in [5.74, 6) is -0.314. The molecule has 6 nitrogen and oxygen atoms in total. The summed E-state index contributed by atoms with van der Waals surface area (Å²) in [7, 11) is 0. The summed E-state index contributed by atoms with van der Waals surface area (Å²) < 4.78 is 5.16. The van der Waals surface area contributed by atoms with Crippen molar-refractivity contribution >= 4 is 28.8 Å². The molecule has 0 radical (unpaired) electrons. The van der Waals surface area contributed by atoms with E-state index >= 15 is 0 Å². The third-order valence-electron chi connectivity index (χ3n) is 5.03. The zero-order valence-electron chi connectivity index (χ0n) is 15.3. The number of carbonyl (C=O) groups is 2. The van der Waals surface area contributed by atoms with Crippen molar-refractivity contribution in [2.45, 2.75) is 39.5 Å². The maximum Gasteiger partial charge on any atom is 0.348 e. The topological polar surface area (TPSA) is 86.5 Å². The quantitative estimate of drug-likeness (QED) is 0.315. The Balaban J connectivity index is 1.64. The number of thiophene rings is 1. The molecule has 1 aliphatic rings. The van der Waals surface area contributed by atoms with E-state index in [-0.39, 0.29) is 11.3 Å². The molecule has 0 fully saturated rings. The van der Waals surface area contributed by atoms with Crippen LogP contribution in [0.25, 0.3) is 0 Å². The van der Waals surface area contributed by atoms with Gasteiger partial charge in [0.25, 0.3) is 5.69 Å². The maximum atomic E-state index is 12.3. The van der Waals surface area contributed by atoms with E-state index in [1.807, 2.05) is 6.07 Å². The molecule has 1 aromatic carbocycles. The molecule has 0 saturated heterocycles. The Kier molecular flexibility index (Phi) is 5.70. The number of esters is 1. The van der Waals surface area contributed by atoms with Gasteiger partial charge in [-0.3, -0.25) is 14.9 Å². The molecule has 2 aromatic rings. The van der Waals surface area contributed by atoms with Gasteiger partial charge in [0.05, 0.1) is 4.92 Å². The monoisotopic (exact) mass is 387 g/mol. The van der Waals surface area contributed by atoms with Gasteiger partial charge in [-0.2, -0.15) is 0 Å². The molecule has 0 bridgehead atoms. The van der Waals surface area contributed by atoms with E-state index in [2.05, 4.69) is 6.92 Å². The number of rotatable bonds is 6. The van der Waals surface area contributed by atoms with Gasteiger partial charge in [-0.15, -0.1) is 11.3 Å². The summed E-state index contributed by atoms with van der Waals surface area (Å²) in [5.41, 5.74) is 1.73. The van der Waals surface area contributed by atoms with Crippen molar-refractivity contribution in [3.8, 4) is 0 Å². The van der Waals surface area contributed by atoms with Gasteiger partial charge in [0.2, 0.25) is 5.78 Å². The number of ketones is 1. The molecule has 7 heteroatoms. The minimum atomic E-state index is -0.530. The number of hydrogen-bond acceptors (Lipinski definition) is 6. The van der Waals surface area contributed by atoms with E-state index in [4.69, 9.17) is 4.74 Å². The lowest BCUT2D eigenvalue weighted by Gasteiger charge is -2.19. The fourth-order valence-electron chi connectivity index (χ4n) is 3.31. The van der Waals surface area contributed by atoms with Crippen LogP contribution < -0.4 is 0 Å². The Bertz CT molecular complexity index is 902. The highest BCUT2D eigenvalue weighted by Gasteiger charge is 2.23. The Morgan fingerprint density at radius 1 is 1.33 bits per heavy atom. The van der Waals surface area contributed by atoms with Crippen LogP contribution in [-0.2, 0) is 17.6 Å². The first-order valence-corrected chi connectivity index (χ1v) is 9.77. The van der Waals surface area contributed by atoms with E-state index in [0.717, 1.165) is 25.7 Å². The van der Waals surface area contributed by atoms with Crippen LogP contribution in [0.5, 0.6) is 0 Å². The van der Waals surface area contributed by atoms with Crippen LogP contribution in [0.1, 0.15) is 55.8 Å². The highest BCUT2D eigenvalue weighted by atomic mass is 32.1. The average Bonchev–Trinajstić information content (AvgIpc) is 3.09. The van der Waals surface area contributed by atoms with E-state index in [0.29, 0.717) is 16.4 Å². The van der Waals surface area contributed by atoms with Crippen LogP contribution >= 0.6 is 11.3 Å². The molecular formula is C20H21NO5S. The number of ether oxygens (including phenoxy) is 1. The molecule has 0 unspecified atom stereocenters. The second-order valence-corrected chi connectivity index (χ2v) is 7.97. The Morgan fingerprint density at radius 3 is 2.81 bits per heavy atom. The molecule has 0 aliphatic heterocycles. The summed E-state index contributed by atoms with van der Waals surface area (Å²) >= 11 is 1.44. The minimum Gasteiger partial charge on any atom is -0.453 e. The van der Waals surface area contributed by atoms with E-state index in [1.54, 1.807) is 6.92 Å². The Hall–Kier alpha value is -2.54. The number of aryl methyl sites for hydroxylation is 2. The molecule has 1 aromatic heterocycles. The van der Waals surface area contributed by atoms with Crippen LogP contribution in [-0.4, -0.2) is 23.3 Å². The summed E-state index contributed by atoms with van der Waals surface area (Å²) in [5, 5.41) is 11.0. The summed E-state index contributed by atoms with van der Waals surface area (Å²) in [6.45, 7) is 3.35. The minimum absolute atomic E-state index is 0.122. The van der Waals surface area contributed by atoms with Crippen molar-refractivity contribution in [2.24, 2.45) is 5.92 Å². The fourth-order valence-corrected chi connectivity index (χ4v) is 4.42. The van der Waals surface area contributed by atoms with Crippen molar-refractivity contribution in [2.75, 3.05) is 6.61 Å². The highest BCUT2D eigenvalue weighted by molar-refractivity contribution is 7.14. The van der Waals surface area contributed by atoms with Gasteiger partial charge in [-0.25, -0.2) is 4.79 Å². The van der Waals surface area contributed by atoms with Crippen molar-refractivity contribution in [1.29, 1.82) is 0 Å². The molecule has 0 spiro atoms. The van der Waals surface area contributed by atoms with Crippen molar-refractivity contribution in [3.05, 3.63) is 60.8 Å². The summed E-state index contributed by atoms with van der Waals surface area (Å²) in [6, 6.07) is 6.13. The third-order valence-corrected chi connectivity index (χ3v) is 6.24. The molecular weight excluding hydrogens is 366 g/mol. The number of nitro groups is 1. The molecule has 142 valence electrons. The Labute approximate surface area is 161 Å². The number of fused-ring (bicyclic) bond motifs is 1. The van der Waals surface area contributed by atoms with Gasteiger partial charge in [0.15, 0.2) is 6.61 Å². The third kappa shape index (κ3) is 4.24. The van der Waals surface area contributed by atoms with Crippen LogP contribution in [0.15, 0.2) is 24.3 Å². The largest absolute Gasteiger partial charge is 0.453 e. The number of carbonyl (C=O) groups excluding carboxylic acids is 2. The SMILES string of the molecule is CC[C@@H]1CCc2sc(C(=O)OCC(=O)c3ccc(C)c([N+](=O)[O-])c3)cc2C1. The lowest BCUT2D eigenvalue weighted by atomic mass is 9.87.